The van der Waals surface area contributed by atoms with Gasteiger partial charge in [-0.15, -0.1) is 0 Å². The molecule has 1 aliphatic carbocycles. The molecule has 1 unspecified atom stereocenters. The largest absolute Gasteiger partial charge is 0.375 e. The Morgan fingerprint density at radius 1 is 1.35 bits per heavy atom. The van der Waals surface area contributed by atoms with Gasteiger partial charge >= 0.3 is 0 Å². The fourth-order valence-corrected chi connectivity index (χ4v) is 2.82. The monoisotopic (exact) mass is 283 g/mol. The second-order valence-electron chi connectivity index (χ2n) is 4.94. The highest BCUT2D eigenvalue weighted by atomic mass is 35.5. The summed E-state index contributed by atoms with van der Waals surface area (Å²) in [5.41, 5.74) is 3.80. The molecule has 0 bridgehead atoms. The lowest BCUT2D eigenvalue weighted by molar-refractivity contribution is 0.583. The van der Waals surface area contributed by atoms with Crippen molar-refractivity contribution in [2.45, 2.75) is 25.3 Å². The summed E-state index contributed by atoms with van der Waals surface area (Å²) >= 11 is 6.21. The van der Waals surface area contributed by atoms with Crippen molar-refractivity contribution in [2.24, 2.45) is 0 Å². The van der Waals surface area contributed by atoms with Crippen LogP contribution in [0.15, 0.2) is 36.5 Å². The predicted octanol–water partition coefficient (Wildman–Crippen LogP) is 4.10. The number of rotatable bonds is 2. The third kappa shape index (κ3) is 2.48. The van der Waals surface area contributed by atoms with Crippen molar-refractivity contribution in [3.05, 3.63) is 58.4 Å². The number of nitriles is 1. The number of hydrogen-bond acceptors (Lipinski definition) is 3. The summed E-state index contributed by atoms with van der Waals surface area (Å²) in [7, 11) is 0. The number of pyridine rings is 1. The van der Waals surface area contributed by atoms with Gasteiger partial charge in [-0.25, -0.2) is 0 Å². The van der Waals surface area contributed by atoms with Crippen LogP contribution in [-0.4, -0.2) is 4.98 Å². The maximum absolute atomic E-state index is 8.98. The van der Waals surface area contributed by atoms with Crippen molar-refractivity contribution >= 4 is 17.3 Å². The zero-order valence-electron chi connectivity index (χ0n) is 10.9. The Morgan fingerprint density at radius 2 is 2.25 bits per heavy atom. The van der Waals surface area contributed by atoms with E-state index in [1.54, 1.807) is 18.2 Å². The van der Waals surface area contributed by atoms with Crippen molar-refractivity contribution in [1.29, 1.82) is 5.26 Å². The zero-order valence-corrected chi connectivity index (χ0v) is 11.7. The van der Waals surface area contributed by atoms with Crippen LogP contribution >= 0.6 is 11.6 Å². The quantitative estimate of drug-likeness (QED) is 0.903. The first-order valence-electron chi connectivity index (χ1n) is 6.68. The highest BCUT2D eigenvalue weighted by Crippen LogP contribution is 2.33. The van der Waals surface area contributed by atoms with Crippen LogP contribution in [0, 0.1) is 11.3 Å². The van der Waals surface area contributed by atoms with Crippen LogP contribution in [0.2, 0.25) is 5.02 Å². The summed E-state index contributed by atoms with van der Waals surface area (Å²) in [6.45, 7) is 0. The van der Waals surface area contributed by atoms with Crippen LogP contribution in [0.1, 0.15) is 35.7 Å². The van der Waals surface area contributed by atoms with E-state index in [0.29, 0.717) is 10.6 Å². The molecule has 20 heavy (non-hydrogen) atoms. The van der Waals surface area contributed by atoms with Crippen LogP contribution in [0.25, 0.3) is 0 Å². The highest BCUT2D eigenvalue weighted by Gasteiger charge is 2.21. The van der Waals surface area contributed by atoms with Crippen LogP contribution in [0.3, 0.4) is 0 Å². The highest BCUT2D eigenvalue weighted by molar-refractivity contribution is 6.33. The molecule has 1 aromatic heterocycles. The molecular weight excluding hydrogens is 270 g/mol. The number of nitrogens with one attached hydrogen (secondary N) is 1. The summed E-state index contributed by atoms with van der Waals surface area (Å²) in [5, 5.41) is 13.0. The van der Waals surface area contributed by atoms with Crippen molar-refractivity contribution in [1.82, 2.24) is 4.98 Å². The topological polar surface area (TPSA) is 48.7 Å². The van der Waals surface area contributed by atoms with Gasteiger partial charge in [-0.1, -0.05) is 17.7 Å². The molecule has 100 valence electrons. The number of benzene rings is 1. The fourth-order valence-electron chi connectivity index (χ4n) is 2.64. The van der Waals surface area contributed by atoms with Crippen molar-refractivity contribution in [3.63, 3.8) is 0 Å². The van der Waals surface area contributed by atoms with E-state index in [2.05, 4.69) is 22.4 Å². The predicted molar refractivity (Wildman–Crippen MR) is 79.7 cm³/mol. The lowest BCUT2D eigenvalue weighted by atomic mass is 9.91. The first-order chi connectivity index (χ1) is 9.78. The summed E-state index contributed by atoms with van der Waals surface area (Å²) in [4.78, 5) is 4.50. The van der Waals surface area contributed by atoms with Crippen molar-refractivity contribution in [3.8, 4) is 6.07 Å². The minimum absolute atomic E-state index is 0.159. The van der Waals surface area contributed by atoms with Gasteiger partial charge in [0.2, 0.25) is 0 Å². The molecule has 0 fully saturated rings. The molecule has 0 radical (unpaired) electrons. The summed E-state index contributed by atoms with van der Waals surface area (Å²) in [6.07, 6.45) is 5.06. The molecule has 4 heteroatoms. The number of hydrogen-bond donors (Lipinski definition) is 1. The first-order valence-corrected chi connectivity index (χ1v) is 7.05. The molecule has 0 aliphatic heterocycles. The van der Waals surface area contributed by atoms with Gasteiger partial charge in [0.1, 0.15) is 0 Å². The Balaban J connectivity index is 1.91. The van der Waals surface area contributed by atoms with Gasteiger partial charge < -0.3 is 5.32 Å². The van der Waals surface area contributed by atoms with Gasteiger partial charge in [-0.05, 0) is 49.1 Å². The van der Waals surface area contributed by atoms with Gasteiger partial charge in [0, 0.05) is 6.20 Å². The summed E-state index contributed by atoms with van der Waals surface area (Å²) in [6, 6.07) is 11.7. The number of anilines is 1. The minimum Gasteiger partial charge on any atom is -0.375 e. The number of aromatic nitrogens is 1. The Labute approximate surface area is 123 Å². The lowest BCUT2D eigenvalue weighted by Gasteiger charge is -2.26. The molecule has 2 aromatic rings. The molecule has 1 heterocycles. The average Bonchev–Trinajstić information content (AvgIpc) is 2.50. The van der Waals surface area contributed by atoms with Crippen molar-refractivity contribution in [2.75, 3.05) is 5.32 Å². The zero-order chi connectivity index (χ0) is 13.9. The first kappa shape index (κ1) is 13.0. The molecule has 0 saturated carbocycles. The molecule has 3 rings (SSSR count). The molecular formula is C16H14ClN3. The van der Waals surface area contributed by atoms with E-state index >= 15 is 0 Å². The Morgan fingerprint density at radius 3 is 3.10 bits per heavy atom. The third-order valence-corrected chi connectivity index (χ3v) is 3.95. The standard InChI is InChI=1S/C16H14ClN3/c17-13-7-6-11(10-18)9-15(13)20-14-5-1-3-12-4-2-8-19-16(12)14/h2,4,6-9,14,20H,1,3,5H2. The smallest absolute Gasteiger partial charge is 0.0992 e. The van der Waals surface area contributed by atoms with Crippen LogP contribution in [0.4, 0.5) is 5.69 Å². The second-order valence-corrected chi connectivity index (χ2v) is 5.35. The number of fused-ring (bicyclic) bond motifs is 1. The van der Waals surface area contributed by atoms with E-state index in [9.17, 15) is 0 Å². The van der Waals surface area contributed by atoms with Crippen LogP contribution in [-0.2, 0) is 6.42 Å². The fraction of sp³-hybridized carbons (Fsp3) is 0.250. The number of aryl methyl sites for hydroxylation is 1. The van der Waals surface area contributed by atoms with E-state index in [1.807, 2.05) is 12.3 Å². The van der Waals surface area contributed by atoms with E-state index in [0.717, 1.165) is 30.6 Å². The van der Waals surface area contributed by atoms with Crippen LogP contribution < -0.4 is 5.32 Å². The SMILES string of the molecule is N#Cc1ccc(Cl)c(NC2CCCc3cccnc32)c1. The minimum atomic E-state index is 0.159. The van der Waals surface area contributed by atoms with E-state index < -0.39 is 0 Å². The van der Waals surface area contributed by atoms with E-state index in [1.165, 1.54) is 5.56 Å². The normalized spacial score (nSPS) is 17.1. The molecule has 1 aliphatic rings. The molecule has 0 saturated heterocycles. The molecule has 0 spiro atoms. The number of halogens is 1. The molecule has 1 aromatic carbocycles. The van der Waals surface area contributed by atoms with Gasteiger partial charge in [0.25, 0.3) is 0 Å². The maximum atomic E-state index is 8.98. The third-order valence-electron chi connectivity index (χ3n) is 3.62. The molecule has 0 amide bonds. The van der Waals surface area contributed by atoms with Gasteiger partial charge in [-0.3, -0.25) is 4.98 Å². The Bertz CT molecular complexity index is 676. The average molecular weight is 284 g/mol. The maximum Gasteiger partial charge on any atom is 0.0992 e. The molecule has 3 nitrogen and oxygen atoms in total. The van der Waals surface area contributed by atoms with E-state index in [4.69, 9.17) is 16.9 Å². The second kappa shape index (κ2) is 5.52. The van der Waals surface area contributed by atoms with Gasteiger partial charge in [-0.2, -0.15) is 5.26 Å². The van der Waals surface area contributed by atoms with Crippen LogP contribution in [0.5, 0.6) is 0 Å². The van der Waals surface area contributed by atoms with Gasteiger partial charge in [0.05, 0.1) is 34.1 Å². The van der Waals surface area contributed by atoms with Crippen molar-refractivity contribution < 1.29 is 0 Å². The Hall–Kier alpha value is -2.05. The van der Waals surface area contributed by atoms with Gasteiger partial charge in [0.15, 0.2) is 0 Å². The molecule has 1 N–H and O–H groups in total. The summed E-state index contributed by atoms with van der Waals surface area (Å²) < 4.78 is 0. The summed E-state index contributed by atoms with van der Waals surface area (Å²) in [5.74, 6) is 0. The molecule has 1 atom stereocenters. The number of nitrogens with zero attached hydrogens (tertiary/aromatic N) is 2. The van der Waals surface area contributed by atoms with E-state index in [-0.39, 0.29) is 6.04 Å². The lowest BCUT2D eigenvalue weighted by Crippen LogP contribution is -2.19. The Kier molecular flexibility index (Phi) is 3.58.